The molecule has 3 saturated heterocycles. The number of hydrogen-bond donors (Lipinski definition) is 2. The minimum Gasteiger partial charge on any atom is -0.494 e. The molecule has 0 aliphatic carbocycles. The zero-order chi connectivity index (χ0) is 25.6. The van der Waals surface area contributed by atoms with Crippen LogP contribution in [-0.2, 0) is 31.2 Å². The van der Waals surface area contributed by atoms with Crippen molar-refractivity contribution in [3.8, 4) is 5.75 Å². The van der Waals surface area contributed by atoms with Gasteiger partial charge in [-0.2, -0.15) is 0 Å². The molecule has 3 aromatic carbocycles. The third-order valence-electron chi connectivity index (χ3n) is 7.32. The highest BCUT2D eigenvalue weighted by molar-refractivity contribution is 7.80. The van der Waals surface area contributed by atoms with Crippen LogP contribution in [0.1, 0.15) is 41.9 Å². The van der Waals surface area contributed by atoms with Gasteiger partial charge in [-0.05, 0) is 48.7 Å². The molecule has 0 aromatic heterocycles. The van der Waals surface area contributed by atoms with Crippen molar-refractivity contribution in [2.75, 3.05) is 13.2 Å². The Bertz CT molecular complexity index is 1260. The first-order valence-corrected chi connectivity index (χ1v) is 13.4. The summed E-state index contributed by atoms with van der Waals surface area (Å²) < 4.78 is 30.9. The lowest BCUT2D eigenvalue weighted by atomic mass is 9.84. The molecule has 3 aliphatic rings. The fourth-order valence-electron chi connectivity index (χ4n) is 5.47. The molecule has 1 unspecified atom stereocenters. The minimum absolute atomic E-state index is 0.182. The van der Waals surface area contributed by atoms with E-state index in [2.05, 4.69) is 0 Å². The number of aliphatic hydroxyl groups excluding tert-OH is 1. The molecule has 8 heteroatoms. The second-order valence-electron chi connectivity index (χ2n) is 9.72. The van der Waals surface area contributed by atoms with Crippen LogP contribution in [0.2, 0.25) is 5.02 Å². The normalized spacial score (nSPS) is 32.6. The Balaban J connectivity index is 1.26. The zero-order valence-corrected chi connectivity index (χ0v) is 22.0. The van der Waals surface area contributed by atoms with Crippen molar-refractivity contribution in [2.24, 2.45) is 0 Å². The van der Waals surface area contributed by atoms with Crippen LogP contribution in [0.25, 0.3) is 0 Å². The Morgan fingerprint density at radius 1 is 1.05 bits per heavy atom. The molecule has 0 saturated carbocycles. The Morgan fingerprint density at radius 3 is 2.59 bits per heavy atom. The Hall–Kier alpha value is -2.10. The van der Waals surface area contributed by atoms with Crippen LogP contribution in [0.15, 0.2) is 72.8 Å². The molecule has 0 radical (unpaired) electrons. The summed E-state index contributed by atoms with van der Waals surface area (Å²) in [5.74, 6) is -0.317. The Labute approximate surface area is 226 Å². The number of benzene rings is 3. The number of aliphatic hydroxyl groups is 1. The van der Waals surface area contributed by atoms with Gasteiger partial charge in [-0.1, -0.05) is 60.1 Å². The summed E-state index contributed by atoms with van der Waals surface area (Å²) in [7, 11) is 0. The first-order valence-electron chi connectivity index (χ1n) is 12.5. The van der Waals surface area contributed by atoms with Crippen molar-refractivity contribution in [1.82, 2.24) is 0 Å². The fourth-order valence-corrected chi connectivity index (χ4v) is 6.04. The smallest absolute Gasteiger partial charge is 0.198 e. The second kappa shape index (κ2) is 9.89. The maximum atomic E-state index is 11.3. The number of hydrogen-bond acceptors (Lipinski definition) is 7. The molecule has 37 heavy (non-hydrogen) atoms. The number of rotatable bonds is 6. The van der Waals surface area contributed by atoms with Crippen LogP contribution in [0, 0.1) is 0 Å². The highest BCUT2D eigenvalue weighted by atomic mass is 35.5. The van der Waals surface area contributed by atoms with E-state index in [0.717, 1.165) is 28.0 Å². The molecule has 0 amide bonds. The van der Waals surface area contributed by atoms with Crippen LogP contribution in [0.5, 0.6) is 5.75 Å². The highest BCUT2D eigenvalue weighted by Gasteiger charge is 2.68. The SMILES string of the molecule is CCOc1ccc(Cc2cc([C@]34CC(O)[C@@H]5O[C@H](c6ccccc6)O[C@H](S)[C@@]5(CO3)O4)ccc2Cl)cc1. The monoisotopic (exact) mass is 540 g/mol. The van der Waals surface area contributed by atoms with Crippen LogP contribution >= 0.6 is 24.2 Å². The highest BCUT2D eigenvalue weighted by Crippen LogP contribution is 2.56. The topological polar surface area (TPSA) is 66.4 Å². The quantitative estimate of drug-likeness (QED) is 0.408. The molecule has 6 nitrogen and oxygen atoms in total. The van der Waals surface area contributed by atoms with Crippen molar-refractivity contribution < 1.29 is 28.8 Å². The molecule has 194 valence electrons. The van der Waals surface area contributed by atoms with Crippen molar-refractivity contribution in [2.45, 2.75) is 55.1 Å². The fraction of sp³-hybridized carbons (Fsp3) is 0.379. The standard InChI is InChI=1S/C29H29ClO6S/c1-2-32-22-11-8-18(9-12-22)14-20-15-21(10-13-23(20)30)29-16-24(31)25-28(36-29,17-33-29)27(37)35-26(34-25)19-6-4-3-5-7-19/h3-13,15,24-27,31,37H,2,14,16-17H2,1H3/t24?,25-,26-,27+,28-,29+/m0/s1. The summed E-state index contributed by atoms with van der Waals surface area (Å²) in [6, 6.07) is 23.3. The number of fused-ring (bicyclic) bond motifs is 1. The average molecular weight is 541 g/mol. The average Bonchev–Trinajstić information content (AvgIpc) is 3.24. The third kappa shape index (κ3) is 4.46. The molecule has 3 heterocycles. The van der Waals surface area contributed by atoms with Gasteiger partial charge >= 0.3 is 0 Å². The predicted octanol–water partition coefficient (Wildman–Crippen LogP) is 5.40. The third-order valence-corrected chi connectivity index (χ3v) is 8.25. The molecule has 1 spiro atoms. The number of ether oxygens (including phenoxy) is 5. The van der Waals surface area contributed by atoms with Gasteiger partial charge in [0.2, 0.25) is 0 Å². The molecule has 2 bridgehead atoms. The lowest BCUT2D eigenvalue weighted by Crippen LogP contribution is -2.66. The van der Waals surface area contributed by atoms with Gasteiger partial charge in [-0.3, -0.25) is 0 Å². The molecular formula is C29H29ClO6S. The van der Waals surface area contributed by atoms with E-state index in [1.807, 2.05) is 79.7 Å². The zero-order valence-electron chi connectivity index (χ0n) is 20.4. The van der Waals surface area contributed by atoms with Gasteiger partial charge in [0, 0.05) is 22.6 Å². The van der Waals surface area contributed by atoms with Gasteiger partial charge in [0.25, 0.3) is 0 Å². The molecule has 1 N–H and O–H groups in total. The molecule has 3 fully saturated rings. The lowest BCUT2D eigenvalue weighted by Gasteiger charge is -2.51. The van der Waals surface area contributed by atoms with E-state index in [0.29, 0.717) is 18.1 Å². The van der Waals surface area contributed by atoms with Crippen molar-refractivity contribution >= 4 is 24.2 Å². The summed E-state index contributed by atoms with van der Waals surface area (Å²) in [5, 5.41) is 12.0. The number of thiol groups is 1. The van der Waals surface area contributed by atoms with E-state index >= 15 is 0 Å². The van der Waals surface area contributed by atoms with Gasteiger partial charge in [0.05, 0.1) is 19.3 Å². The van der Waals surface area contributed by atoms with E-state index < -0.39 is 35.3 Å². The van der Waals surface area contributed by atoms with E-state index in [1.54, 1.807) is 0 Å². The maximum Gasteiger partial charge on any atom is 0.198 e. The largest absolute Gasteiger partial charge is 0.494 e. The summed E-state index contributed by atoms with van der Waals surface area (Å²) in [6.07, 6.45) is -1.30. The summed E-state index contributed by atoms with van der Waals surface area (Å²) in [5.41, 5.74) is 1.97. The van der Waals surface area contributed by atoms with Gasteiger partial charge < -0.3 is 28.8 Å². The van der Waals surface area contributed by atoms with E-state index in [-0.39, 0.29) is 13.0 Å². The molecule has 3 aliphatic heterocycles. The lowest BCUT2D eigenvalue weighted by molar-refractivity contribution is -0.364. The summed E-state index contributed by atoms with van der Waals surface area (Å²) in [6.45, 7) is 2.77. The maximum absolute atomic E-state index is 11.3. The van der Waals surface area contributed by atoms with Crippen LogP contribution in [0.4, 0.5) is 0 Å². The molecule has 3 aromatic rings. The first kappa shape index (κ1) is 25.2. The molecule has 6 rings (SSSR count). The molecule has 6 atom stereocenters. The summed E-state index contributed by atoms with van der Waals surface area (Å²) in [4.78, 5) is 0. The van der Waals surface area contributed by atoms with Crippen molar-refractivity contribution in [3.05, 3.63) is 100 Å². The van der Waals surface area contributed by atoms with Crippen LogP contribution < -0.4 is 4.74 Å². The van der Waals surface area contributed by atoms with Crippen molar-refractivity contribution in [1.29, 1.82) is 0 Å². The molecular weight excluding hydrogens is 512 g/mol. The second-order valence-corrected chi connectivity index (χ2v) is 10.6. The Morgan fingerprint density at radius 2 is 1.84 bits per heavy atom. The van der Waals surface area contributed by atoms with Gasteiger partial charge in [0.1, 0.15) is 17.3 Å². The van der Waals surface area contributed by atoms with E-state index in [4.69, 9.17) is 47.9 Å². The van der Waals surface area contributed by atoms with Gasteiger partial charge in [-0.25, -0.2) is 0 Å². The van der Waals surface area contributed by atoms with E-state index in [9.17, 15) is 5.11 Å². The van der Waals surface area contributed by atoms with Gasteiger partial charge in [0.15, 0.2) is 17.7 Å². The minimum atomic E-state index is -1.15. The predicted molar refractivity (Wildman–Crippen MR) is 142 cm³/mol. The van der Waals surface area contributed by atoms with Gasteiger partial charge in [-0.15, -0.1) is 12.6 Å². The number of halogens is 1. The van der Waals surface area contributed by atoms with Crippen LogP contribution in [-0.4, -0.2) is 41.6 Å². The first-order chi connectivity index (χ1) is 17.9. The van der Waals surface area contributed by atoms with Crippen molar-refractivity contribution in [3.63, 3.8) is 0 Å². The van der Waals surface area contributed by atoms with Crippen LogP contribution in [0.3, 0.4) is 0 Å². The van der Waals surface area contributed by atoms with E-state index in [1.165, 1.54) is 0 Å². The summed E-state index contributed by atoms with van der Waals surface area (Å²) >= 11 is 11.3. The Kier molecular flexibility index (Phi) is 6.74.